The smallest absolute Gasteiger partial charge is 0.409 e. The number of nitrogens with zero attached hydrogens (tertiary/aromatic N) is 1. The van der Waals surface area contributed by atoms with Crippen LogP contribution in [0.25, 0.3) is 0 Å². The van der Waals surface area contributed by atoms with Crippen LogP contribution >= 0.6 is 23.1 Å². The molecule has 1 fully saturated rings. The molecule has 144 valence electrons. The quantitative estimate of drug-likeness (QED) is 0.726. The molecule has 0 unspecified atom stereocenters. The van der Waals surface area contributed by atoms with Gasteiger partial charge in [-0.3, -0.25) is 4.79 Å². The van der Waals surface area contributed by atoms with Crippen molar-refractivity contribution in [3.63, 3.8) is 0 Å². The number of likely N-dealkylation sites (tertiary alicyclic amines) is 1. The zero-order valence-corrected chi connectivity index (χ0v) is 17.0. The summed E-state index contributed by atoms with van der Waals surface area (Å²) < 4.78 is 5.04. The number of carbonyl (C=O) groups excluding carboxylic acids is 2. The molecule has 1 aliphatic heterocycles. The first-order chi connectivity index (χ1) is 13.2. The van der Waals surface area contributed by atoms with E-state index in [9.17, 15) is 9.59 Å². The molecule has 0 saturated carbocycles. The fraction of sp³-hybridized carbons (Fsp3) is 0.400. The zero-order valence-electron chi connectivity index (χ0n) is 15.3. The number of hydrogen-bond donors (Lipinski definition) is 1. The highest BCUT2D eigenvalue weighted by Crippen LogP contribution is 2.27. The Morgan fingerprint density at radius 2 is 2.04 bits per heavy atom. The first-order valence-electron chi connectivity index (χ1n) is 9.13. The molecule has 5 nitrogen and oxygen atoms in total. The van der Waals surface area contributed by atoms with Gasteiger partial charge in [-0.1, -0.05) is 12.1 Å². The van der Waals surface area contributed by atoms with Crippen LogP contribution in [-0.4, -0.2) is 42.6 Å². The molecule has 0 aliphatic carbocycles. The van der Waals surface area contributed by atoms with E-state index in [4.69, 9.17) is 4.74 Å². The van der Waals surface area contributed by atoms with E-state index in [1.165, 1.54) is 5.56 Å². The van der Waals surface area contributed by atoms with Crippen molar-refractivity contribution in [1.82, 2.24) is 10.2 Å². The van der Waals surface area contributed by atoms with Gasteiger partial charge in [0, 0.05) is 29.8 Å². The van der Waals surface area contributed by atoms with Gasteiger partial charge in [0.2, 0.25) is 0 Å². The van der Waals surface area contributed by atoms with Gasteiger partial charge in [-0.15, -0.1) is 11.8 Å². The summed E-state index contributed by atoms with van der Waals surface area (Å²) in [4.78, 5) is 27.3. The molecular weight excluding hydrogens is 380 g/mol. The molecule has 1 N–H and O–H groups in total. The molecule has 1 aromatic heterocycles. The molecule has 27 heavy (non-hydrogen) atoms. The molecule has 3 rings (SSSR count). The zero-order chi connectivity index (χ0) is 19.1. The summed E-state index contributed by atoms with van der Waals surface area (Å²) >= 11 is 3.37. The number of nitrogens with one attached hydrogen (secondary N) is 1. The van der Waals surface area contributed by atoms with Crippen LogP contribution in [0.2, 0.25) is 0 Å². The summed E-state index contributed by atoms with van der Waals surface area (Å²) in [5.74, 6) is 0.809. The van der Waals surface area contributed by atoms with Gasteiger partial charge in [-0.05, 0) is 54.3 Å². The van der Waals surface area contributed by atoms with Gasteiger partial charge in [0.15, 0.2) is 0 Å². The third kappa shape index (κ3) is 5.49. The minimum atomic E-state index is -0.266. The topological polar surface area (TPSA) is 58.6 Å². The van der Waals surface area contributed by atoms with Crippen molar-refractivity contribution in [3.05, 3.63) is 52.2 Å². The minimum Gasteiger partial charge on any atom is -0.450 e. The van der Waals surface area contributed by atoms with Gasteiger partial charge in [0.05, 0.1) is 12.2 Å². The molecule has 2 aromatic rings. The highest BCUT2D eigenvalue weighted by Gasteiger charge is 2.25. The number of thiophene rings is 1. The summed E-state index contributed by atoms with van der Waals surface area (Å²) in [5.41, 5.74) is 1.98. The highest BCUT2D eigenvalue weighted by atomic mass is 32.2. The van der Waals surface area contributed by atoms with E-state index in [1.54, 1.807) is 34.9 Å². The fourth-order valence-electron chi connectivity index (χ4n) is 3.00. The summed E-state index contributed by atoms with van der Waals surface area (Å²) in [6, 6.07) is 9.92. The number of hydrogen-bond acceptors (Lipinski definition) is 5. The summed E-state index contributed by atoms with van der Waals surface area (Å²) in [6.45, 7) is 3.41. The number of carbonyl (C=O) groups is 2. The Kier molecular flexibility index (Phi) is 7.18. The maximum absolute atomic E-state index is 12.8. The van der Waals surface area contributed by atoms with Crippen molar-refractivity contribution in [1.29, 1.82) is 0 Å². The van der Waals surface area contributed by atoms with Crippen LogP contribution in [0.1, 0.15) is 35.7 Å². The number of ether oxygens (including phenoxy) is 1. The minimum absolute atomic E-state index is 0.0435. The molecule has 0 radical (unpaired) electrons. The third-order valence-electron chi connectivity index (χ3n) is 4.46. The second-order valence-electron chi connectivity index (χ2n) is 6.35. The number of piperidine rings is 1. The number of thioether (sulfide) groups is 1. The average molecular weight is 405 g/mol. The van der Waals surface area contributed by atoms with Crippen molar-refractivity contribution in [2.75, 3.05) is 19.7 Å². The molecule has 1 aromatic carbocycles. The first kappa shape index (κ1) is 19.8. The Hall–Kier alpha value is -1.99. The average Bonchev–Trinajstić information content (AvgIpc) is 3.21. The van der Waals surface area contributed by atoms with E-state index in [2.05, 4.69) is 22.1 Å². The van der Waals surface area contributed by atoms with E-state index in [0.29, 0.717) is 25.3 Å². The molecule has 0 spiro atoms. The van der Waals surface area contributed by atoms with E-state index >= 15 is 0 Å². The molecule has 1 aliphatic rings. The lowest BCUT2D eigenvalue weighted by molar-refractivity contribution is 0.0858. The second kappa shape index (κ2) is 9.80. The van der Waals surface area contributed by atoms with Crippen molar-refractivity contribution in [3.8, 4) is 0 Å². The Balaban J connectivity index is 1.55. The molecule has 2 amide bonds. The van der Waals surface area contributed by atoms with Gasteiger partial charge >= 0.3 is 6.09 Å². The van der Waals surface area contributed by atoms with Crippen LogP contribution < -0.4 is 5.32 Å². The van der Waals surface area contributed by atoms with E-state index in [1.807, 2.05) is 24.3 Å². The van der Waals surface area contributed by atoms with Crippen LogP contribution in [0.5, 0.6) is 0 Å². The molecule has 1 saturated heterocycles. The van der Waals surface area contributed by atoms with Crippen LogP contribution in [0.4, 0.5) is 4.79 Å². The van der Waals surface area contributed by atoms with E-state index in [0.717, 1.165) is 23.5 Å². The highest BCUT2D eigenvalue weighted by molar-refractivity contribution is 7.98. The van der Waals surface area contributed by atoms with Crippen molar-refractivity contribution < 1.29 is 14.3 Å². The molecular formula is C20H24N2O3S2. The second-order valence-corrected chi connectivity index (χ2v) is 8.15. The van der Waals surface area contributed by atoms with E-state index < -0.39 is 0 Å². The first-order valence-corrected chi connectivity index (χ1v) is 11.1. The van der Waals surface area contributed by atoms with E-state index in [-0.39, 0.29) is 18.0 Å². The van der Waals surface area contributed by atoms with Gasteiger partial charge < -0.3 is 15.0 Å². The SMILES string of the molecule is CCOC(=O)N1CCC(NC(=O)c2ccccc2SCc2ccsc2)CC1. The van der Waals surface area contributed by atoms with Gasteiger partial charge in [0.1, 0.15) is 0 Å². The Bertz CT molecular complexity index is 756. The molecule has 0 bridgehead atoms. The van der Waals surface area contributed by atoms with Crippen LogP contribution in [0.3, 0.4) is 0 Å². The number of benzene rings is 1. The number of amides is 2. The Morgan fingerprint density at radius 1 is 1.26 bits per heavy atom. The molecule has 7 heteroatoms. The van der Waals surface area contributed by atoms with Gasteiger partial charge in [0.25, 0.3) is 5.91 Å². The maximum atomic E-state index is 12.8. The predicted molar refractivity (Wildman–Crippen MR) is 109 cm³/mol. The molecule has 0 atom stereocenters. The lowest BCUT2D eigenvalue weighted by Crippen LogP contribution is -2.46. The van der Waals surface area contributed by atoms with Crippen LogP contribution in [0.15, 0.2) is 46.0 Å². The number of rotatable bonds is 6. The molecule has 2 heterocycles. The maximum Gasteiger partial charge on any atom is 0.409 e. The Labute approximate surface area is 168 Å². The summed E-state index contributed by atoms with van der Waals surface area (Å²) in [6.07, 6.45) is 1.22. The third-order valence-corrected chi connectivity index (χ3v) is 6.34. The van der Waals surface area contributed by atoms with Crippen molar-refractivity contribution >= 4 is 35.1 Å². The van der Waals surface area contributed by atoms with Crippen LogP contribution in [0, 0.1) is 0 Å². The van der Waals surface area contributed by atoms with Crippen LogP contribution in [-0.2, 0) is 10.5 Å². The normalized spacial score (nSPS) is 14.8. The lowest BCUT2D eigenvalue weighted by Gasteiger charge is -2.31. The summed E-state index contributed by atoms with van der Waals surface area (Å²) in [7, 11) is 0. The summed E-state index contributed by atoms with van der Waals surface area (Å²) in [5, 5.41) is 7.33. The predicted octanol–water partition coefficient (Wildman–Crippen LogP) is 4.39. The van der Waals surface area contributed by atoms with Gasteiger partial charge in [-0.25, -0.2) is 4.79 Å². The van der Waals surface area contributed by atoms with Gasteiger partial charge in [-0.2, -0.15) is 11.3 Å². The van der Waals surface area contributed by atoms with Crippen molar-refractivity contribution in [2.45, 2.75) is 36.5 Å². The Morgan fingerprint density at radius 3 is 2.74 bits per heavy atom. The fourth-order valence-corrected chi connectivity index (χ4v) is 4.77. The van der Waals surface area contributed by atoms with Crippen molar-refractivity contribution in [2.24, 2.45) is 0 Å². The standard InChI is InChI=1S/C20H24N2O3S2/c1-2-25-20(24)22-10-7-16(8-11-22)21-19(23)17-5-3-4-6-18(17)27-14-15-9-12-26-13-15/h3-6,9,12-13,16H,2,7-8,10-11,14H2,1H3,(H,21,23). The largest absolute Gasteiger partial charge is 0.450 e. The monoisotopic (exact) mass is 404 g/mol. The lowest BCUT2D eigenvalue weighted by atomic mass is 10.0.